The Morgan fingerprint density at radius 1 is 1.23 bits per heavy atom. The van der Waals surface area contributed by atoms with Crippen LogP contribution in [0.1, 0.15) is 24.6 Å². The first-order valence-electron chi connectivity index (χ1n) is 8.15. The fourth-order valence-electron chi connectivity index (χ4n) is 2.49. The van der Waals surface area contributed by atoms with E-state index in [9.17, 15) is 0 Å². The molecule has 26 heavy (non-hydrogen) atoms. The lowest BCUT2D eigenvalue weighted by Gasteiger charge is -2.07. The molecule has 0 aliphatic heterocycles. The monoisotopic (exact) mass is 380 g/mol. The molecule has 130 valence electrons. The number of aliphatic imine (C=N–C) groups is 1. The second-order valence-electron chi connectivity index (χ2n) is 5.59. The molecule has 0 N–H and O–H groups in total. The van der Waals surface area contributed by atoms with Crippen LogP contribution in [0.2, 0.25) is 5.02 Å². The molecular weight excluding hydrogens is 364 g/mol. The third-order valence-electron chi connectivity index (χ3n) is 3.79. The van der Waals surface area contributed by atoms with E-state index in [2.05, 4.69) is 18.1 Å². The molecule has 0 aliphatic rings. The van der Waals surface area contributed by atoms with Crippen molar-refractivity contribution in [1.82, 2.24) is 9.78 Å². The largest absolute Gasteiger partial charge is 0.260 e. The van der Waals surface area contributed by atoms with Crippen LogP contribution < -0.4 is 0 Å². The molecular formula is C20H17ClN4S. The standard InChI is InChI=1S/C20H17ClN4S/c1-3-19(17-6-4-5-7-18(17)21)23-14-8-10-16(11-9-14)26-20-12-15(13-22)24-25(20)2/h4-12H,3H2,1-2H3. The molecule has 0 saturated heterocycles. The van der Waals surface area contributed by atoms with Gasteiger partial charge in [-0.25, -0.2) is 0 Å². The normalized spacial score (nSPS) is 11.4. The maximum atomic E-state index is 8.94. The number of aryl methyl sites for hydroxylation is 1. The maximum Gasteiger partial charge on any atom is 0.163 e. The minimum absolute atomic E-state index is 0.420. The number of hydrogen-bond donors (Lipinski definition) is 0. The highest BCUT2D eigenvalue weighted by Crippen LogP contribution is 2.30. The Morgan fingerprint density at radius 3 is 2.58 bits per heavy atom. The summed E-state index contributed by atoms with van der Waals surface area (Å²) in [6.45, 7) is 2.07. The van der Waals surface area contributed by atoms with Crippen LogP contribution >= 0.6 is 23.4 Å². The van der Waals surface area contributed by atoms with Crippen LogP contribution in [0.3, 0.4) is 0 Å². The van der Waals surface area contributed by atoms with Gasteiger partial charge in [-0.15, -0.1) is 0 Å². The van der Waals surface area contributed by atoms with Crippen molar-refractivity contribution in [3.63, 3.8) is 0 Å². The second-order valence-corrected chi connectivity index (χ2v) is 7.09. The first kappa shape index (κ1) is 18.2. The van der Waals surface area contributed by atoms with E-state index in [1.54, 1.807) is 22.5 Å². The number of nitriles is 1. The topological polar surface area (TPSA) is 54.0 Å². The number of aromatic nitrogens is 2. The number of benzene rings is 2. The summed E-state index contributed by atoms with van der Waals surface area (Å²) in [5.41, 5.74) is 3.23. The van der Waals surface area contributed by atoms with Gasteiger partial charge in [-0.05, 0) is 36.8 Å². The van der Waals surface area contributed by atoms with Crippen LogP contribution in [0, 0.1) is 11.3 Å². The van der Waals surface area contributed by atoms with E-state index in [4.69, 9.17) is 21.9 Å². The fourth-order valence-corrected chi connectivity index (χ4v) is 3.59. The summed E-state index contributed by atoms with van der Waals surface area (Å²) < 4.78 is 1.71. The van der Waals surface area contributed by atoms with Crippen LogP contribution in [0.15, 0.2) is 69.5 Å². The average molecular weight is 381 g/mol. The lowest BCUT2D eigenvalue weighted by Crippen LogP contribution is -1.99. The van der Waals surface area contributed by atoms with Gasteiger partial charge < -0.3 is 0 Å². The lowest BCUT2D eigenvalue weighted by molar-refractivity contribution is 0.696. The molecule has 0 amide bonds. The number of hydrogen-bond acceptors (Lipinski definition) is 4. The summed E-state index contributed by atoms with van der Waals surface area (Å²) in [5, 5.41) is 14.7. The summed E-state index contributed by atoms with van der Waals surface area (Å²) in [4.78, 5) is 5.82. The number of nitrogens with zero attached hydrogens (tertiary/aromatic N) is 4. The first-order valence-corrected chi connectivity index (χ1v) is 9.34. The molecule has 1 aromatic heterocycles. The van der Waals surface area contributed by atoms with Gasteiger partial charge in [-0.2, -0.15) is 10.4 Å². The minimum Gasteiger partial charge on any atom is -0.260 e. The Labute approximate surface area is 162 Å². The Hall–Kier alpha value is -2.55. The van der Waals surface area contributed by atoms with Crippen molar-refractivity contribution in [3.8, 4) is 6.07 Å². The molecule has 0 aliphatic carbocycles. The van der Waals surface area contributed by atoms with E-state index in [0.717, 1.165) is 33.3 Å². The van der Waals surface area contributed by atoms with Crippen LogP contribution in [-0.4, -0.2) is 15.5 Å². The highest BCUT2D eigenvalue weighted by Gasteiger charge is 2.08. The summed E-state index contributed by atoms with van der Waals surface area (Å²) in [5.74, 6) is 0. The van der Waals surface area contributed by atoms with Crippen LogP contribution in [0.4, 0.5) is 5.69 Å². The molecule has 3 aromatic rings. The summed E-state index contributed by atoms with van der Waals surface area (Å²) in [6, 6.07) is 19.6. The zero-order valence-electron chi connectivity index (χ0n) is 14.5. The summed E-state index contributed by atoms with van der Waals surface area (Å²) in [6.07, 6.45) is 0.798. The first-order chi connectivity index (χ1) is 12.6. The van der Waals surface area contributed by atoms with Gasteiger partial charge in [0.2, 0.25) is 0 Å². The van der Waals surface area contributed by atoms with Crippen LogP contribution in [0.25, 0.3) is 0 Å². The summed E-state index contributed by atoms with van der Waals surface area (Å²) >= 11 is 7.86. The molecule has 0 saturated carbocycles. The predicted octanol–water partition coefficient (Wildman–Crippen LogP) is 5.63. The Bertz CT molecular complexity index is 984. The van der Waals surface area contributed by atoms with Gasteiger partial charge in [0, 0.05) is 34.3 Å². The molecule has 0 fully saturated rings. The molecule has 4 nitrogen and oxygen atoms in total. The highest BCUT2D eigenvalue weighted by atomic mass is 35.5. The molecule has 0 atom stereocenters. The Morgan fingerprint density at radius 2 is 1.96 bits per heavy atom. The number of halogens is 1. The zero-order valence-corrected chi connectivity index (χ0v) is 16.1. The Balaban J connectivity index is 1.81. The average Bonchev–Trinajstić information content (AvgIpc) is 3.01. The van der Waals surface area contributed by atoms with Crippen LogP contribution in [-0.2, 0) is 7.05 Å². The van der Waals surface area contributed by atoms with Crippen molar-refractivity contribution >= 4 is 34.8 Å². The smallest absolute Gasteiger partial charge is 0.163 e. The van der Waals surface area contributed by atoms with E-state index in [1.165, 1.54) is 0 Å². The van der Waals surface area contributed by atoms with Gasteiger partial charge >= 0.3 is 0 Å². The van der Waals surface area contributed by atoms with Crippen molar-refractivity contribution in [2.45, 2.75) is 23.3 Å². The van der Waals surface area contributed by atoms with E-state index in [1.807, 2.05) is 55.6 Å². The molecule has 3 rings (SSSR count). The molecule has 0 unspecified atom stereocenters. The minimum atomic E-state index is 0.420. The third kappa shape index (κ3) is 4.16. The van der Waals surface area contributed by atoms with Gasteiger partial charge in [0.15, 0.2) is 5.69 Å². The van der Waals surface area contributed by atoms with Crippen molar-refractivity contribution < 1.29 is 0 Å². The van der Waals surface area contributed by atoms with E-state index >= 15 is 0 Å². The third-order valence-corrected chi connectivity index (χ3v) is 5.22. The zero-order chi connectivity index (χ0) is 18.5. The van der Waals surface area contributed by atoms with Crippen LogP contribution in [0.5, 0.6) is 0 Å². The maximum absolute atomic E-state index is 8.94. The Kier molecular flexibility index (Phi) is 5.77. The van der Waals surface area contributed by atoms with Gasteiger partial charge in [0.05, 0.1) is 10.7 Å². The quantitative estimate of drug-likeness (QED) is 0.539. The fraction of sp³-hybridized carbons (Fsp3) is 0.150. The predicted molar refractivity (Wildman–Crippen MR) is 106 cm³/mol. The second kappa shape index (κ2) is 8.22. The summed E-state index contributed by atoms with van der Waals surface area (Å²) in [7, 11) is 1.83. The van der Waals surface area contributed by atoms with Crippen molar-refractivity contribution in [2.75, 3.05) is 0 Å². The van der Waals surface area contributed by atoms with Crippen molar-refractivity contribution in [2.24, 2.45) is 12.0 Å². The highest BCUT2D eigenvalue weighted by molar-refractivity contribution is 7.99. The molecule has 6 heteroatoms. The van der Waals surface area contributed by atoms with Crippen molar-refractivity contribution in [1.29, 1.82) is 5.26 Å². The molecule has 0 bridgehead atoms. The molecule has 0 radical (unpaired) electrons. The van der Waals surface area contributed by atoms with E-state index < -0.39 is 0 Å². The van der Waals surface area contributed by atoms with Gasteiger partial charge in [0.25, 0.3) is 0 Å². The van der Waals surface area contributed by atoms with Gasteiger partial charge in [-0.3, -0.25) is 9.67 Å². The van der Waals surface area contributed by atoms with E-state index in [0.29, 0.717) is 10.7 Å². The van der Waals surface area contributed by atoms with Crippen molar-refractivity contribution in [3.05, 3.63) is 70.9 Å². The van der Waals surface area contributed by atoms with E-state index in [-0.39, 0.29) is 0 Å². The molecule has 1 heterocycles. The molecule has 2 aromatic carbocycles. The lowest BCUT2D eigenvalue weighted by atomic mass is 10.1. The van der Waals surface area contributed by atoms with Gasteiger partial charge in [-0.1, -0.05) is 48.5 Å². The number of rotatable bonds is 5. The molecule has 0 spiro atoms. The van der Waals surface area contributed by atoms with Gasteiger partial charge in [0.1, 0.15) is 6.07 Å². The SMILES string of the molecule is CCC(=Nc1ccc(Sc2cc(C#N)nn2C)cc1)c1ccccc1Cl.